The lowest BCUT2D eigenvalue weighted by atomic mass is 9.75. The molecule has 0 aromatic rings. The third kappa shape index (κ3) is 3.20. The summed E-state index contributed by atoms with van der Waals surface area (Å²) < 4.78 is 12.2. The molecule has 1 saturated carbocycles. The average Bonchev–Trinajstić information content (AvgIpc) is 3.14. The second-order valence-corrected chi connectivity index (χ2v) is 7.61. The maximum Gasteiger partial charge on any atom is 0.312 e. The topological polar surface area (TPSA) is 35.5 Å². The molecule has 130 valence electrons. The van der Waals surface area contributed by atoms with Crippen molar-refractivity contribution in [3.05, 3.63) is 0 Å². The van der Waals surface area contributed by atoms with Gasteiger partial charge in [0.25, 0.3) is 0 Å². The van der Waals surface area contributed by atoms with Crippen LogP contribution in [0.3, 0.4) is 0 Å². The van der Waals surface area contributed by atoms with Crippen LogP contribution in [-0.2, 0) is 14.3 Å². The normalized spacial score (nSPS) is 32.2. The standard InChI is InChI=1S/C17H28O3.2CH4/c1-4-16(2,3)15(18)20-17(9-5-6-10-17)13-11-12-7-8-14(13)19-12;;/h12-14H,4-11H2,1-3H3;2*1H4. The molecule has 2 aliphatic heterocycles. The highest BCUT2D eigenvalue weighted by molar-refractivity contribution is 5.76. The lowest BCUT2D eigenvalue weighted by Gasteiger charge is -2.40. The Labute approximate surface area is 137 Å². The lowest BCUT2D eigenvalue weighted by Crippen LogP contribution is -2.46. The first-order valence-electron chi connectivity index (χ1n) is 8.36. The second-order valence-electron chi connectivity index (χ2n) is 7.61. The fourth-order valence-corrected chi connectivity index (χ4v) is 4.18. The van der Waals surface area contributed by atoms with Crippen LogP contribution in [0.2, 0.25) is 0 Å². The molecule has 3 atom stereocenters. The van der Waals surface area contributed by atoms with Crippen molar-refractivity contribution < 1.29 is 14.3 Å². The molecular weight excluding hydrogens is 276 g/mol. The van der Waals surface area contributed by atoms with Crippen molar-refractivity contribution in [1.82, 2.24) is 0 Å². The summed E-state index contributed by atoms with van der Waals surface area (Å²) in [5.74, 6) is 0.435. The summed E-state index contributed by atoms with van der Waals surface area (Å²) in [7, 11) is 0. The van der Waals surface area contributed by atoms with E-state index < -0.39 is 0 Å². The van der Waals surface area contributed by atoms with Crippen LogP contribution in [0.4, 0.5) is 0 Å². The molecule has 0 aromatic carbocycles. The van der Waals surface area contributed by atoms with Crippen molar-refractivity contribution in [1.29, 1.82) is 0 Å². The number of esters is 1. The van der Waals surface area contributed by atoms with Crippen molar-refractivity contribution in [3.63, 3.8) is 0 Å². The molecule has 1 aliphatic carbocycles. The molecule has 3 nitrogen and oxygen atoms in total. The van der Waals surface area contributed by atoms with Crippen LogP contribution >= 0.6 is 0 Å². The molecule has 3 fully saturated rings. The minimum Gasteiger partial charge on any atom is -0.458 e. The summed E-state index contributed by atoms with van der Waals surface area (Å²) in [5, 5.41) is 0. The predicted molar refractivity (Wildman–Crippen MR) is 90.8 cm³/mol. The molecule has 22 heavy (non-hydrogen) atoms. The maximum atomic E-state index is 12.6. The molecule has 0 amide bonds. The number of carbonyl (C=O) groups is 1. The number of carbonyl (C=O) groups excluding carboxylic acids is 1. The molecule has 3 rings (SSSR count). The van der Waals surface area contributed by atoms with Crippen LogP contribution in [0.25, 0.3) is 0 Å². The van der Waals surface area contributed by atoms with Gasteiger partial charge in [0.2, 0.25) is 0 Å². The highest BCUT2D eigenvalue weighted by atomic mass is 16.6. The number of hydrogen-bond acceptors (Lipinski definition) is 3. The van der Waals surface area contributed by atoms with Crippen LogP contribution in [0.1, 0.15) is 87.0 Å². The van der Waals surface area contributed by atoms with E-state index in [2.05, 4.69) is 6.92 Å². The van der Waals surface area contributed by atoms with E-state index in [1.165, 1.54) is 19.3 Å². The van der Waals surface area contributed by atoms with E-state index >= 15 is 0 Å². The third-order valence-corrected chi connectivity index (χ3v) is 5.96. The second kappa shape index (κ2) is 6.90. The summed E-state index contributed by atoms with van der Waals surface area (Å²) >= 11 is 0. The van der Waals surface area contributed by atoms with Crippen LogP contribution < -0.4 is 0 Å². The van der Waals surface area contributed by atoms with Gasteiger partial charge in [0, 0.05) is 5.92 Å². The minimum atomic E-state index is -0.367. The Bertz CT molecular complexity index is 382. The van der Waals surface area contributed by atoms with E-state index in [0.717, 1.165) is 32.1 Å². The number of rotatable bonds is 4. The minimum absolute atomic E-state index is 0. The summed E-state index contributed by atoms with van der Waals surface area (Å²) in [6.45, 7) is 6.05. The third-order valence-electron chi connectivity index (χ3n) is 5.96. The average molecular weight is 312 g/mol. The van der Waals surface area contributed by atoms with Gasteiger partial charge in [-0.2, -0.15) is 0 Å². The lowest BCUT2D eigenvalue weighted by molar-refractivity contribution is -0.179. The van der Waals surface area contributed by atoms with Gasteiger partial charge in [-0.15, -0.1) is 0 Å². The summed E-state index contributed by atoms with van der Waals surface area (Å²) in [6, 6.07) is 0. The molecule has 2 heterocycles. The Balaban J connectivity index is 0.00000121. The van der Waals surface area contributed by atoms with E-state index in [1.807, 2.05) is 13.8 Å². The molecule has 3 aliphatic rings. The number of ether oxygens (including phenoxy) is 2. The summed E-state index contributed by atoms with van der Waals surface area (Å²) in [5.41, 5.74) is -0.586. The Hall–Kier alpha value is -0.570. The molecule has 0 N–H and O–H groups in total. The first-order chi connectivity index (χ1) is 9.47. The Morgan fingerprint density at radius 1 is 1.23 bits per heavy atom. The molecule has 2 bridgehead atoms. The fourth-order valence-electron chi connectivity index (χ4n) is 4.18. The number of fused-ring (bicyclic) bond motifs is 2. The molecule has 3 unspecified atom stereocenters. The largest absolute Gasteiger partial charge is 0.458 e. The molecule has 0 spiro atoms. The van der Waals surface area contributed by atoms with Crippen molar-refractivity contribution in [2.24, 2.45) is 11.3 Å². The maximum absolute atomic E-state index is 12.6. The predicted octanol–water partition coefficient (Wildman–Crippen LogP) is 5.12. The van der Waals surface area contributed by atoms with E-state index in [-0.39, 0.29) is 31.8 Å². The van der Waals surface area contributed by atoms with Gasteiger partial charge < -0.3 is 9.47 Å². The highest BCUT2D eigenvalue weighted by Crippen LogP contribution is 2.51. The summed E-state index contributed by atoms with van der Waals surface area (Å²) in [4.78, 5) is 12.6. The zero-order valence-corrected chi connectivity index (χ0v) is 13.1. The van der Waals surface area contributed by atoms with E-state index in [0.29, 0.717) is 18.1 Å². The van der Waals surface area contributed by atoms with E-state index in [4.69, 9.17) is 9.47 Å². The Morgan fingerprint density at radius 2 is 1.86 bits per heavy atom. The fraction of sp³-hybridized carbons (Fsp3) is 0.947. The van der Waals surface area contributed by atoms with Gasteiger partial charge in [0.05, 0.1) is 17.6 Å². The van der Waals surface area contributed by atoms with Crippen molar-refractivity contribution >= 4 is 5.97 Å². The molecule has 0 aromatic heterocycles. The SMILES string of the molecule is C.C.CCC(C)(C)C(=O)OC1(C2CC3CCC2O3)CCCC1. The van der Waals surface area contributed by atoms with E-state index in [9.17, 15) is 4.79 Å². The van der Waals surface area contributed by atoms with Gasteiger partial charge in [0.1, 0.15) is 5.60 Å². The molecule has 2 saturated heterocycles. The van der Waals surface area contributed by atoms with Crippen LogP contribution in [0, 0.1) is 11.3 Å². The van der Waals surface area contributed by atoms with Gasteiger partial charge in [-0.05, 0) is 65.2 Å². The van der Waals surface area contributed by atoms with Crippen LogP contribution in [0.15, 0.2) is 0 Å². The van der Waals surface area contributed by atoms with Crippen molar-refractivity contribution in [2.75, 3.05) is 0 Å². The first-order valence-corrected chi connectivity index (χ1v) is 8.36. The van der Waals surface area contributed by atoms with Crippen molar-refractivity contribution in [2.45, 2.75) is 105 Å². The smallest absolute Gasteiger partial charge is 0.312 e. The molecular formula is C19H36O3. The zero-order valence-electron chi connectivity index (χ0n) is 13.1. The van der Waals surface area contributed by atoms with Gasteiger partial charge in [-0.1, -0.05) is 21.8 Å². The molecule has 0 radical (unpaired) electrons. The Morgan fingerprint density at radius 3 is 2.32 bits per heavy atom. The number of hydrogen-bond donors (Lipinski definition) is 0. The van der Waals surface area contributed by atoms with Crippen LogP contribution in [0.5, 0.6) is 0 Å². The monoisotopic (exact) mass is 312 g/mol. The Kier molecular flexibility index (Phi) is 6.11. The van der Waals surface area contributed by atoms with Gasteiger partial charge in [-0.3, -0.25) is 4.79 Å². The van der Waals surface area contributed by atoms with E-state index in [1.54, 1.807) is 0 Å². The van der Waals surface area contributed by atoms with Crippen LogP contribution in [-0.4, -0.2) is 23.8 Å². The molecule has 3 heteroatoms. The first kappa shape index (κ1) is 19.5. The highest BCUT2D eigenvalue weighted by Gasteiger charge is 2.55. The van der Waals surface area contributed by atoms with Gasteiger partial charge in [-0.25, -0.2) is 0 Å². The van der Waals surface area contributed by atoms with Gasteiger partial charge in [0.15, 0.2) is 0 Å². The zero-order chi connectivity index (χ0) is 14.4. The van der Waals surface area contributed by atoms with Crippen molar-refractivity contribution in [3.8, 4) is 0 Å². The van der Waals surface area contributed by atoms with Gasteiger partial charge >= 0.3 is 5.97 Å². The summed E-state index contributed by atoms with van der Waals surface area (Å²) in [6.07, 6.45) is 9.51. The quantitative estimate of drug-likeness (QED) is 0.676.